The van der Waals surface area contributed by atoms with Crippen molar-refractivity contribution in [1.82, 2.24) is 5.32 Å². The summed E-state index contributed by atoms with van der Waals surface area (Å²) in [7, 11) is 0. The minimum absolute atomic E-state index is 0.0857. The fraction of sp³-hybridized carbons (Fsp3) is 0.148. The van der Waals surface area contributed by atoms with Gasteiger partial charge in [0.1, 0.15) is 0 Å². The van der Waals surface area contributed by atoms with Gasteiger partial charge in [0.05, 0.1) is 4.92 Å². The second-order valence-electron chi connectivity index (χ2n) is 7.60. The maximum absolute atomic E-state index is 10.7. The van der Waals surface area contributed by atoms with Gasteiger partial charge in [-0.15, -0.1) is 0 Å². The molecular weight excluding hydrogens is 416 g/mol. The molecule has 0 spiro atoms. The first-order chi connectivity index (χ1) is 16.0. The largest absolute Gasteiger partial charge is 0.481 e. The van der Waals surface area contributed by atoms with E-state index in [1.807, 2.05) is 36.4 Å². The third-order valence-electron chi connectivity index (χ3n) is 5.03. The van der Waals surface area contributed by atoms with E-state index >= 15 is 0 Å². The third-order valence-corrected chi connectivity index (χ3v) is 5.03. The molecule has 0 amide bonds. The van der Waals surface area contributed by atoms with E-state index in [9.17, 15) is 14.9 Å². The monoisotopic (exact) mass is 442 g/mol. The Kier molecular flexibility index (Phi) is 8.68. The number of aliphatic carboxylic acids is 1. The van der Waals surface area contributed by atoms with E-state index in [-0.39, 0.29) is 12.1 Å². The highest BCUT2D eigenvalue weighted by molar-refractivity contribution is 5.73. The van der Waals surface area contributed by atoms with E-state index in [4.69, 9.17) is 5.11 Å². The van der Waals surface area contributed by atoms with Gasteiger partial charge >= 0.3 is 5.97 Å². The zero-order valence-corrected chi connectivity index (χ0v) is 18.2. The predicted octanol–water partition coefficient (Wildman–Crippen LogP) is 5.89. The Morgan fingerprint density at radius 1 is 0.788 bits per heavy atom. The number of nitro groups is 1. The Morgan fingerprint density at radius 3 is 1.64 bits per heavy atom. The molecule has 0 heterocycles. The van der Waals surface area contributed by atoms with Gasteiger partial charge in [0.15, 0.2) is 0 Å². The first-order valence-corrected chi connectivity index (χ1v) is 10.7. The van der Waals surface area contributed by atoms with E-state index in [1.165, 1.54) is 12.1 Å². The normalized spacial score (nSPS) is 11.3. The Hall–Kier alpha value is -4.03. The topological polar surface area (TPSA) is 92.5 Å². The summed E-state index contributed by atoms with van der Waals surface area (Å²) in [5.41, 5.74) is 5.39. The van der Waals surface area contributed by atoms with Crippen molar-refractivity contribution in [2.75, 3.05) is 6.54 Å². The summed E-state index contributed by atoms with van der Waals surface area (Å²) in [4.78, 5) is 20.8. The van der Waals surface area contributed by atoms with Gasteiger partial charge in [0, 0.05) is 25.1 Å². The molecule has 0 saturated carbocycles. The molecule has 0 aliphatic heterocycles. The van der Waals surface area contributed by atoms with E-state index in [2.05, 4.69) is 41.7 Å². The second-order valence-corrected chi connectivity index (χ2v) is 7.60. The van der Waals surface area contributed by atoms with Crippen LogP contribution in [0.1, 0.15) is 40.7 Å². The zero-order chi connectivity index (χ0) is 23.5. The van der Waals surface area contributed by atoms with E-state index in [0.29, 0.717) is 13.0 Å². The number of non-ortho nitro benzene ring substituents is 1. The summed E-state index contributed by atoms with van der Waals surface area (Å²) in [6.07, 6.45) is 8.84. The molecule has 0 saturated heterocycles. The molecule has 0 fully saturated rings. The lowest BCUT2D eigenvalue weighted by Gasteiger charge is -2.04. The molecule has 0 bridgehead atoms. The molecule has 3 aromatic carbocycles. The van der Waals surface area contributed by atoms with Crippen LogP contribution in [0.25, 0.3) is 24.3 Å². The summed E-state index contributed by atoms with van der Waals surface area (Å²) >= 11 is 0. The van der Waals surface area contributed by atoms with Crippen molar-refractivity contribution in [3.8, 4) is 0 Å². The molecule has 6 nitrogen and oxygen atoms in total. The molecule has 3 rings (SSSR count). The van der Waals surface area contributed by atoms with Crippen LogP contribution in [-0.2, 0) is 11.3 Å². The molecule has 0 radical (unpaired) electrons. The number of nitrogens with one attached hydrogen (secondary N) is 1. The Bertz CT molecular complexity index is 1120. The quantitative estimate of drug-likeness (QED) is 0.167. The lowest BCUT2D eigenvalue weighted by atomic mass is 10.1. The SMILES string of the molecule is O=C(O)CCCNCc1ccc(/C=C/c2ccc(/C=C/c3ccc([N+](=O)[O-])cc3)cc2)cc1. The standard InChI is InChI=1S/C27H26N2O4/c30-27(31)2-1-19-28-20-25-13-11-23(12-14-25)8-7-21-3-5-22(6-4-21)9-10-24-15-17-26(18-16-24)29(32)33/h3-18,28H,1-2,19-20H2,(H,30,31)/b8-7+,10-9+. The highest BCUT2D eigenvalue weighted by atomic mass is 16.6. The van der Waals surface area contributed by atoms with Crippen molar-refractivity contribution in [2.24, 2.45) is 0 Å². The van der Waals surface area contributed by atoms with E-state index in [1.54, 1.807) is 12.1 Å². The summed E-state index contributed by atoms with van der Waals surface area (Å²) in [5, 5.41) is 22.6. The van der Waals surface area contributed by atoms with Crippen LogP contribution in [0.15, 0.2) is 72.8 Å². The average Bonchev–Trinajstić information content (AvgIpc) is 2.82. The molecular formula is C27H26N2O4. The summed E-state index contributed by atoms with van der Waals surface area (Å²) in [6, 6.07) is 22.9. The highest BCUT2D eigenvalue weighted by Gasteiger charge is 2.02. The number of hydrogen-bond donors (Lipinski definition) is 2. The smallest absolute Gasteiger partial charge is 0.303 e. The van der Waals surface area contributed by atoms with Gasteiger partial charge in [-0.05, 0) is 52.9 Å². The maximum atomic E-state index is 10.7. The van der Waals surface area contributed by atoms with Crippen LogP contribution in [0.2, 0.25) is 0 Å². The number of carboxylic acid groups (broad SMARTS) is 1. The van der Waals surface area contributed by atoms with Crippen LogP contribution in [0, 0.1) is 10.1 Å². The van der Waals surface area contributed by atoms with Gasteiger partial charge < -0.3 is 10.4 Å². The first-order valence-electron chi connectivity index (χ1n) is 10.7. The number of benzene rings is 3. The number of hydrogen-bond acceptors (Lipinski definition) is 4. The van der Waals surface area contributed by atoms with Crippen molar-refractivity contribution in [2.45, 2.75) is 19.4 Å². The van der Waals surface area contributed by atoms with Crippen LogP contribution in [-0.4, -0.2) is 22.5 Å². The molecule has 168 valence electrons. The van der Waals surface area contributed by atoms with Gasteiger partial charge in [0.25, 0.3) is 5.69 Å². The number of nitrogens with zero attached hydrogens (tertiary/aromatic N) is 1. The summed E-state index contributed by atoms with van der Waals surface area (Å²) in [6.45, 7) is 1.41. The van der Waals surface area contributed by atoms with Crippen LogP contribution in [0.3, 0.4) is 0 Å². The second kappa shape index (κ2) is 12.1. The number of carbonyl (C=O) groups is 1. The minimum atomic E-state index is -0.763. The van der Waals surface area contributed by atoms with Crippen molar-refractivity contribution in [3.63, 3.8) is 0 Å². The molecule has 0 aliphatic carbocycles. The lowest BCUT2D eigenvalue weighted by molar-refractivity contribution is -0.384. The van der Waals surface area contributed by atoms with Crippen LogP contribution < -0.4 is 5.32 Å². The van der Waals surface area contributed by atoms with Crippen molar-refractivity contribution in [3.05, 3.63) is 111 Å². The van der Waals surface area contributed by atoms with Crippen molar-refractivity contribution < 1.29 is 14.8 Å². The molecule has 6 heteroatoms. The van der Waals surface area contributed by atoms with Gasteiger partial charge in [-0.2, -0.15) is 0 Å². The molecule has 3 aromatic rings. The summed E-state index contributed by atoms with van der Waals surface area (Å²) < 4.78 is 0. The van der Waals surface area contributed by atoms with Crippen LogP contribution >= 0.6 is 0 Å². The van der Waals surface area contributed by atoms with Crippen molar-refractivity contribution in [1.29, 1.82) is 0 Å². The van der Waals surface area contributed by atoms with Gasteiger partial charge in [-0.1, -0.05) is 72.8 Å². The molecule has 0 atom stereocenters. The fourth-order valence-corrected chi connectivity index (χ4v) is 3.15. The predicted molar refractivity (Wildman–Crippen MR) is 132 cm³/mol. The van der Waals surface area contributed by atoms with Gasteiger partial charge in [-0.25, -0.2) is 0 Å². The lowest BCUT2D eigenvalue weighted by Crippen LogP contribution is -2.15. The number of rotatable bonds is 11. The van der Waals surface area contributed by atoms with Crippen molar-refractivity contribution >= 4 is 36.0 Å². The highest BCUT2D eigenvalue weighted by Crippen LogP contribution is 2.16. The fourth-order valence-electron chi connectivity index (χ4n) is 3.15. The van der Waals surface area contributed by atoms with E-state index < -0.39 is 10.9 Å². The Balaban J connectivity index is 1.49. The molecule has 33 heavy (non-hydrogen) atoms. The molecule has 0 aromatic heterocycles. The Labute approximate surface area is 193 Å². The zero-order valence-electron chi connectivity index (χ0n) is 18.2. The van der Waals surface area contributed by atoms with E-state index in [0.717, 1.165) is 34.4 Å². The third kappa shape index (κ3) is 8.20. The molecule has 2 N–H and O–H groups in total. The number of nitro benzene ring substituents is 1. The van der Waals surface area contributed by atoms with Crippen LogP contribution in [0.4, 0.5) is 5.69 Å². The molecule has 0 unspecified atom stereocenters. The minimum Gasteiger partial charge on any atom is -0.481 e. The average molecular weight is 443 g/mol. The maximum Gasteiger partial charge on any atom is 0.303 e. The summed E-state index contributed by atoms with van der Waals surface area (Å²) in [5.74, 6) is -0.763. The number of carboxylic acids is 1. The Morgan fingerprint density at radius 2 is 1.21 bits per heavy atom. The van der Waals surface area contributed by atoms with Gasteiger partial charge in [-0.3, -0.25) is 14.9 Å². The molecule has 0 aliphatic rings. The first kappa shape index (κ1) is 23.6. The van der Waals surface area contributed by atoms with Gasteiger partial charge in [0.2, 0.25) is 0 Å². The van der Waals surface area contributed by atoms with Crippen LogP contribution in [0.5, 0.6) is 0 Å².